The number of sulfone groups is 1. The Kier molecular flexibility index (Phi) is 5.80. The first-order valence-electron chi connectivity index (χ1n) is 6.26. The van der Waals surface area contributed by atoms with Crippen molar-refractivity contribution >= 4 is 43.0 Å². The zero-order valence-electron chi connectivity index (χ0n) is 12.3. The van der Waals surface area contributed by atoms with Crippen LogP contribution in [-0.2, 0) is 14.6 Å². The van der Waals surface area contributed by atoms with Crippen LogP contribution >= 0.6 is 27.3 Å². The molecule has 7 heteroatoms. The highest BCUT2D eigenvalue weighted by Crippen LogP contribution is 2.30. The van der Waals surface area contributed by atoms with Gasteiger partial charge >= 0.3 is 0 Å². The Morgan fingerprint density at radius 2 is 1.85 bits per heavy atom. The molecule has 0 bridgehead atoms. The third kappa shape index (κ3) is 4.05. The molecule has 1 rings (SSSR count). The number of likely N-dealkylation sites (N-methyl/N-ethyl adjacent to an activating group) is 1. The third-order valence-electron chi connectivity index (χ3n) is 3.70. The maximum Gasteiger partial charge on any atom is 0.230 e. The molecule has 0 saturated carbocycles. The Bertz CT molecular complexity index is 582. The molecule has 20 heavy (non-hydrogen) atoms. The minimum absolute atomic E-state index is 0.0673. The quantitative estimate of drug-likeness (QED) is 0.787. The van der Waals surface area contributed by atoms with Crippen LogP contribution in [0, 0.1) is 0 Å². The minimum atomic E-state index is -3.17. The van der Waals surface area contributed by atoms with Crippen LogP contribution in [0.15, 0.2) is 15.9 Å². The van der Waals surface area contributed by atoms with Gasteiger partial charge < -0.3 is 4.90 Å². The van der Waals surface area contributed by atoms with E-state index < -0.39 is 15.1 Å². The van der Waals surface area contributed by atoms with Crippen LogP contribution in [0.4, 0.5) is 0 Å². The van der Waals surface area contributed by atoms with E-state index in [0.717, 1.165) is 8.66 Å². The molecular formula is C13H20BrNO3S2. The van der Waals surface area contributed by atoms with Crippen LogP contribution in [-0.4, -0.2) is 43.8 Å². The van der Waals surface area contributed by atoms with Gasteiger partial charge in [-0.05, 0) is 48.8 Å². The monoisotopic (exact) mass is 381 g/mol. The highest BCUT2D eigenvalue weighted by atomic mass is 79.9. The van der Waals surface area contributed by atoms with Gasteiger partial charge in [0.2, 0.25) is 5.91 Å². The molecular weight excluding hydrogens is 362 g/mol. The van der Waals surface area contributed by atoms with Crippen molar-refractivity contribution in [2.24, 2.45) is 0 Å². The zero-order valence-corrected chi connectivity index (χ0v) is 15.5. The summed E-state index contributed by atoms with van der Waals surface area (Å²) in [7, 11) is -1.51. The second-order valence-electron chi connectivity index (χ2n) is 5.09. The lowest BCUT2D eigenvalue weighted by Gasteiger charge is -2.30. The molecule has 0 spiro atoms. The summed E-state index contributed by atoms with van der Waals surface area (Å²) in [5.74, 6) is -0.340. The summed E-state index contributed by atoms with van der Waals surface area (Å²) < 4.78 is 24.2. The predicted molar refractivity (Wildman–Crippen MR) is 87.0 cm³/mol. The van der Waals surface area contributed by atoms with Crippen molar-refractivity contribution < 1.29 is 13.2 Å². The van der Waals surface area contributed by atoms with Crippen molar-refractivity contribution in [2.75, 3.05) is 13.3 Å². The van der Waals surface area contributed by atoms with E-state index in [2.05, 4.69) is 15.9 Å². The number of rotatable bonds is 5. The number of nitrogens with zero attached hydrogens (tertiary/aromatic N) is 1. The molecule has 114 valence electrons. The lowest BCUT2D eigenvalue weighted by Crippen LogP contribution is -2.45. The van der Waals surface area contributed by atoms with E-state index in [-0.39, 0.29) is 17.9 Å². The second kappa shape index (κ2) is 6.58. The molecule has 0 N–H and O–H groups in total. The van der Waals surface area contributed by atoms with E-state index in [9.17, 15) is 13.2 Å². The van der Waals surface area contributed by atoms with Gasteiger partial charge in [-0.15, -0.1) is 11.3 Å². The molecule has 1 amide bonds. The first kappa shape index (κ1) is 17.7. The molecule has 0 fully saturated rings. The topological polar surface area (TPSA) is 54.5 Å². The Hall–Kier alpha value is -0.400. The molecule has 0 unspecified atom stereocenters. The van der Waals surface area contributed by atoms with Crippen molar-refractivity contribution in [3.8, 4) is 0 Å². The van der Waals surface area contributed by atoms with Crippen molar-refractivity contribution in [3.63, 3.8) is 0 Å². The van der Waals surface area contributed by atoms with E-state index in [0.29, 0.717) is 0 Å². The molecule has 0 aliphatic carbocycles. The number of hydrogen-bond acceptors (Lipinski definition) is 4. The van der Waals surface area contributed by atoms with Gasteiger partial charge in [0.05, 0.1) is 15.0 Å². The zero-order chi connectivity index (χ0) is 15.7. The summed E-state index contributed by atoms with van der Waals surface area (Å²) in [5, 5.41) is -0.585. The van der Waals surface area contributed by atoms with E-state index >= 15 is 0 Å². The van der Waals surface area contributed by atoms with E-state index in [1.165, 1.54) is 22.5 Å². The average Bonchev–Trinajstić information content (AvgIpc) is 2.79. The highest BCUT2D eigenvalue weighted by molar-refractivity contribution is 9.11. The van der Waals surface area contributed by atoms with E-state index in [1.54, 1.807) is 20.9 Å². The first-order chi connectivity index (χ1) is 9.05. The van der Waals surface area contributed by atoms with Crippen molar-refractivity contribution in [1.82, 2.24) is 4.90 Å². The Morgan fingerprint density at radius 1 is 1.30 bits per heavy atom. The van der Waals surface area contributed by atoms with E-state index in [4.69, 9.17) is 0 Å². The SMILES string of the molecule is C[C@H](C(=O)N(C)[C@H](C)[C@@H](C)S(C)(=O)=O)c1ccc(Br)s1. The molecule has 4 nitrogen and oxygen atoms in total. The number of halogens is 1. The lowest BCUT2D eigenvalue weighted by molar-refractivity contribution is -0.132. The standard InChI is InChI=1S/C13H20BrNO3S2/c1-8(11-6-7-12(14)19-11)13(16)15(4)9(2)10(3)20(5,17)18/h6-10H,1-5H3/t8-,9+,10+/m0/s1. The molecule has 0 radical (unpaired) electrons. The molecule has 1 aromatic rings. The normalized spacial score (nSPS) is 16.5. The van der Waals surface area contributed by atoms with Crippen LogP contribution in [0.3, 0.4) is 0 Å². The predicted octanol–water partition coefficient (Wildman–Crippen LogP) is 2.89. The summed E-state index contributed by atoms with van der Waals surface area (Å²) in [4.78, 5) is 14.9. The largest absolute Gasteiger partial charge is 0.341 e. The molecule has 0 saturated heterocycles. The molecule has 1 heterocycles. The Morgan fingerprint density at radius 3 is 2.25 bits per heavy atom. The summed E-state index contributed by atoms with van der Waals surface area (Å²) >= 11 is 4.90. The van der Waals surface area contributed by atoms with Gasteiger partial charge in [-0.25, -0.2) is 8.42 Å². The highest BCUT2D eigenvalue weighted by Gasteiger charge is 2.30. The minimum Gasteiger partial charge on any atom is -0.341 e. The molecule has 1 aromatic heterocycles. The van der Waals surface area contributed by atoms with Gasteiger partial charge in [-0.2, -0.15) is 0 Å². The number of carbonyl (C=O) groups excluding carboxylic acids is 1. The van der Waals surface area contributed by atoms with Crippen molar-refractivity contribution in [1.29, 1.82) is 0 Å². The average molecular weight is 382 g/mol. The molecule has 0 aliphatic heterocycles. The van der Waals surface area contributed by atoms with Crippen LogP contribution in [0.5, 0.6) is 0 Å². The van der Waals surface area contributed by atoms with Gasteiger partial charge in [0.1, 0.15) is 0 Å². The third-order valence-corrected chi connectivity index (χ3v) is 7.26. The Labute approximate surface area is 133 Å². The fourth-order valence-electron chi connectivity index (χ4n) is 1.86. The van der Waals surface area contributed by atoms with Gasteiger partial charge in [0.15, 0.2) is 9.84 Å². The van der Waals surface area contributed by atoms with E-state index in [1.807, 2.05) is 19.1 Å². The van der Waals surface area contributed by atoms with Gasteiger partial charge in [-0.1, -0.05) is 0 Å². The van der Waals surface area contributed by atoms with Gasteiger partial charge in [-0.3, -0.25) is 4.79 Å². The summed E-state index contributed by atoms with van der Waals surface area (Å²) in [5.41, 5.74) is 0. The number of hydrogen-bond donors (Lipinski definition) is 0. The van der Waals surface area contributed by atoms with Crippen molar-refractivity contribution in [2.45, 2.75) is 38.0 Å². The fraction of sp³-hybridized carbons (Fsp3) is 0.615. The second-order valence-corrected chi connectivity index (χ2v) is 9.99. The fourth-order valence-corrected chi connectivity index (χ4v) is 4.23. The lowest BCUT2D eigenvalue weighted by atomic mass is 10.1. The summed E-state index contributed by atoms with van der Waals surface area (Å²) in [6, 6.07) is 3.46. The van der Waals surface area contributed by atoms with Crippen LogP contribution in [0.2, 0.25) is 0 Å². The van der Waals surface area contributed by atoms with Crippen molar-refractivity contribution in [3.05, 3.63) is 20.8 Å². The number of amides is 1. The maximum absolute atomic E-state index is 12.4. The molecule has 0 aromatic carbocycles. The first-order valence-corrected chi connectivity index (χ1v) is 9.83. The van der Waals surface area contributed by atoms with Crippen LogP contribution in [0.1, 0.15) is 31.6 Å². The molecule has 0 aliphatic rings. The van der Waals surface area contributed by atoms with Crippen LogP contribution in [0.25, 0.3) is 0 Å². The van der Waals surface area contributed by atoms with Gasteiger partial charge in [0.25, 0.3) is 0 Å². The summed E-state index contributed by atoms with van der Waals surface area (Å²) in [6.07, 6.45) is 1.20. The summed E-state index contributed by atoms with van der Waals surface area (Å²) in [6.45, 7) is 5.24. The maximum atomic E-state index is 12.4. The number of thiophene rings is 1. The molecule has 3 atom stereocenters. The van der Waals surface area contributed by atoms with Crippen LogP contribution < -0.4 is 0 Å². The smallest absolute Gasteiger partial charge is 0.230 e. The Balaban J connectivity index is 2.86. The number of carbonyl (C=O) groups is 1. The van der Waals surface area contributed by atoms with Gasteiger partial charge in [0, 0.05) is 24.2 Å².